The van der Waals surface area contributed by atoms with Crippen molar-refractivity contribution in [1.29, 1.82) is 0 Å². The molecule has 2 aliphatic rings. The fourth-order valence-electron chi connectivity index (χ4n) is 6.56. The van der Waals surface area contributed by atoms with Gasteiger partial charge in [-0.1, -0.05) is 50.7 Å². The second-order valence-electron chi connectivity index (χ2n) is 13.6. The third-order valence-electron chi connectivity index (χ3n) is 9.00. The number of esters is 1. The second kappa shape index (κ2) is 15.6. The van der Waals surface area contributed by atoms with Gasteiger partial charge in [-0.15, -0.1) is 0 Å². The summed E-state index contributed by atoms with van der Waals surface area (Å²) in [7, 11) is 2.00. The maximum absolute atomic E-state index is 13.1. The number of ether oxygens (including phenoxy) is 2. The van der Waals surface area contributed by atoms with Crippen LogP contribution in [0, 0.1) is 5.92 Å². The van der Waals surface area contributed by atoms with E-state index in [4.69, 9.17) is 15.2 Å². The first-order valence-electron chi connectivity index (χ1n) is 16.4. The molecule has 0 aliphatic heterocycles. The molecule has 2 saturated carbocycles. The van der Waals surface area contributed by atoms with Crippen LogP contribution in [0.1, 0.15) is 109 Å². The number of nitrogens with zero attached hydrogens (tertiary/aromatic N) is 1. The first-order valence-corrected chi connectivity index (χ1v) is 16.4. The topological polar surface area (TPSA) is 93.9 Å². The molecule has 3 N–H and O–H groups in total. The van der Waals surface area contributed by atoms with E-state index in [0.717, 1.165) is 36.1 Å². The predicted molar refractivity (Wildman–Crippen MR) is 173 cm³/mol. The number of carbonyl (C=O) groups excluding carboxylic acids is 2. The average Bonchev–Trinajstić information content (AvgIpc) is 2.99. The number of hydrogen-bond donors (Lipinski definition) is 2. The lowest BCUT2D eigenvalue weighted by atomic mass is 9.82. The van der Waals surface area contributed by atoms with Gasteiger partial charge in [-0.2, -0.15) is 0 Å². The second-order valence-corrected chi connectivity index (χ2v) is 13.6. The van der Waals surface area contributed by atoms with Crippen molar-refractivity contribution in [2.24, 2.45) is 5.92 Å². The van der Waals surface area contributed by atoms with Crippen LogP contribution in [0.15, 0.2) is 42.5 Å². The van der Waals surface area contributed by atoms with Crippen LogP contribution in [0.25, 0.3) is 0 Å². The lowest BCUT2D eigenvalue weighted by molar-refractivity contribution is -0.153. The largest absolute Gasteiger partial charge is 0.460 e. The van der Waals surface area contributed by atoms with Crippen molar-refractivity contribution in [3.8, 4) is 11.5 Å². The van der Waals surface area contributed by atoms with Crippen LogP contribution >= 0.6 is 0 Å². The molecule has 2 fully saturated rings. The Morgan fingerprint density at radius 3 is 2.21 bits per heavy atom. The van der Waals surface area contributed by atoms with Crippen molar-refractivity contribution in [1.82, 2.24) is 10.2 Å². The maximum Gasteiger partial charge on any atom is 0.310 e. The zero-order chi connectivity index (χ0) is 30.8. The van der Waals surface area contributed by atoms with Crippen molar-refractivity contribution in [2.45, 2.75) is 128 Å². The number of hydrogen-bond acceptors (Lipinski definition) is 6. The Balaban J connectivity index is 1.34. The first kappa shape index (κ1) is 32.8. The third kappa shape index (κ3) is 10.6. The summed E-state index contributed by atoms with van der Waals surface area (Å²) >= 11 is 0. The summed E-state index contributed by atoms with van der Waals surface area (Å²) in [5.74, 6) is 2.02. The van der Waals surface area contributed by atoms with E-state index in [1.54, 1.807) is 0 Å². The zero-order valence-electron chi connectivity index (χ0n) is 26.8. The van der Waals surface area contributed by atoms with Crippen LogP contribution in [0.4, 0.5) is 5.69 Å². The lowest BCUT2D eigenvalue weighted by Crippen LogP contribution is -2.41. The van der Waals surface area contributed by atoms with Gasteiger partial charge in [0.1, 0.15) is 17.1 Å². The third-order valence-corrected chi connectivity index (χ3v) is 9.00. The Bertz CT molecular complexity index is 1180. The van der Waals surface area contributed by atoms with Gasteiger partial charge in [-0.3, -0.25) is 9.59 Å². The highest BCUT2D eigenvalue weighted by Crippen LogP contribution is 2.31. The van der Waals surface area contributed by atoms with Gasteiger partial charge in [-0.25, -0.2) is 0 Å². The molecule has 1 unspecified atom stereocenters. The Labute approximate surface area is 258 Å². The summed E-state index contributed by atoms with van der Waals surface area (Å²) in [5, 5.41) is 3.80. The monoisotopic (exact) mass is 591 g/mol. The number of nitrogen functional groups attached to an aromatic ring is 1. The lowest BCUT2D eigenvalue weighted by Gasteiger charge is -2.34. The summed E-state index contributed by atoms with van der Waals surface area (Å²) in [6.07, 6.45) is 14.0. The van der Waals surface area contributed by atoms with Crippen LogP contribution in [0.2, 0.25) is 0 Å². The van der Waals surface area contributed by atoms with E-state index in [0.29, 0.717) is 36.4 Å². The Morgan fingerprint density at radius 2 is 1.56 bits per heavy atom. The molecule has 0 heterocycles. The minimum Gasteiger partial charge on any atom is -0.460 e. The first-order chi connectivity index (χ1) is 20.6. The Morgan fingerprint density at radius 1 is 0.930 bits per heavy atom. The Hall–Kier alpha value is -3.06. The van der Waals surface area contributed by atoms with Crippen molar-refractivity contribution in [3.63, 3.8) is 0 Å². The molecule has 7 nitrogen and oxygen atoms in total. The van der Waals surface area contributed by atoms with Gasteiger partial charge in [0.05, 0.1) is 6.42 Å². The summed E-state index contributed by atoms with van der Waals surface area (Å²) in [6.45, 7) is 6.23. The summed E-state index contributed by atoms with van der Waals surface area (Å²) in [4.78, 5) is 27.3. The van der Waals surface area contributed by atoms with Crippen LogP contribution in [0.5, 0.6) is 11.5 Å². The van der Waals surface area contributed by atoms with E-state index in [-0.39, 0.29) is 24.3 Å². The van der Waals surface area contributed by atoms with Gasteiger partial charge in [0.25, 0.3) is 0 Å². The van der Waals surface area contributed by atoms with Crippen molar-refractivity contribution >= 4 is 17.6 Å². The SMILES string of the molecule is CN(C(=O)CCC(NCc1cc(Oc2ccc(CC(=O)OC(C)(C)C)cc2)ccc1N)C1CCCCC1)C1CCCCC1. The number of benzene rings is 2. The standard InChI is InChI=1S/C36H53N3O4/c1-36(2,3)43-35(41)23-26-15-17-30(18-16-26)42-31-19-20-32(37)28(24-31)25-38-33(27-11-7-5-8-12-27)21-22-34(40)39(4)29-13-9-6-10-14-29/h15-20,24,27,29,33,38H,5-14,21-23,25,37H2,1-4H3. The molecular formula is C36H53N3O4. The fourth-order valence-corrected chi connectivity index (χ4v) is 6.56. The van der Waals surface area contributed by atoms with E-state index >= 15 is 0 Å². The molecular weight excluding hydrogens is 538 g/mol. The quantitative estimate of drug-likeness (QED) is 0.195. The molecule has 236 valence electrons. The highest BCUT2D eigenvalue weighted by Gasteiger charge is 2.27. The molecule has 2 aromatic rings. The summed E-state index contributed by atoms with van der Waals surface area (Å²) in [5.41, 5.74) is 8.49. The number of carbonyl (C=O) groups is 2. The number of nitrogens with one attached hydrogen (secondary N) is 1. The van der Waals surface area contributed by atoms with E-state index in [1.807, 2.05) is 75.2 Å². The summed E-state index contributed by atoms with van der Waals surface area (Å²) < 4.78 is 11.6. The van der Waals surface area contributed by atoms with Gasteiger partial charge in [0.2, 0.25) is 5.91 Å². The van der Waals surface area contributed by atoms with E-state index < -0.39 is 5.60 Å². The molecule has 0 bridgehead atoms. The fraction of sp³-hybridized carbons (Fsp3) is 0.611. The molecule has 0 radical (unpaired) electrons. The average molecular weight is 592 g/mol. The maximum atomic E-state index is 13.1. The minimum absolute atomic E-state index is 0.222. The van der Waals surface area contributed by atoms with Crippen molar-refractivity contribution in [3.05, 3.63) is 53.6 Å². The number of rotatable bonds is 12. The zero-order valence-corrected chi connectivity index (χ0v) is 26.8. The molecule has 0 aromatic heterocycles. The van der Waals surface area contributed by atoms with E-state index in [2.05, 4.69) is 5.32 Å². The molecule has 4 rings (SSSR count). The molecule has 1 atom stereocenters. The minimum atomic E-state index is -0.499. The van der Waals surface area contributed by atoms with Crippen molar-refractivity contribution < 1.29 is 19.1 Å². The van der Waals surface area contributed by atoms with E-state index in [9.17, 15) is 9.59 Å². The van der Waals surface area contributed by atoms with Crippen LogP contribution in [-0.4, -0.2) is 41.5 Å². The van der Waals surface area contributed by atoms with Gasteiger partial charge in [0, 0.05) is 37.8 Å². The number of amides is 1. The number of anilines is 1. The molecule has 2 aliphatic carbocycles. The van der Waals surface area contributed by atoms with E-state index in [1.165, 1.54) is 51.4 Å². The highest BCUT2D eigenvalue weighted by molar-refractivity contribution is 5.76. The van der Waals surface area contributed by atoms with Crippen LogP contribution in [0.3, 0.4) is 0 Å². The molecule has 2 aromatic carbocycles. The Kier molecular flexibility index (Phi) is 11.9. The molecule has 0 spiro atoms. The predicted octanol–water partition coefficient (Wildman–Crippen LogP) is 7.56. The van der Waals surface area contributed by atoms with Crippen LogP contribution < -0.4 is 15.8 Å². The summed E-state index contributed by atoms with van der Waals surface area (Å²) in [6, 6.07) is 14.0. The van der Waals surface area contributed by atoms with Gasteiger partial charge < -0.3 is 25.4 Å². The highest BCUT2D eigenvalue weighted by atomic mass is 16.6. The smallest absolute Gasteiger partial charge is 0.310 e. The van der Waals surface area contributed by atoms with Gasteiger partial charge >= 0.3 is 5.97 Å². The van der Waals surface area contributed by atoms with Gasteiger partial charge in [-0.05, 0) is 100 Å². The number of nitrogens with two attached hydrogens (primary N) is 1. The van der Waals surface area contributed by atoms with Gasteiger partial charge in [0.15, 0.2) is 0 Å². The van der Waals surface area contributed by atoms with Crippen molar-refractivity contribution in [2.75, 3.05) is 12.8 Å². The molecule has 1 amide bonds. The molecule has 0 saturated heterocycles. The normalized spacial score (nSPS) is 17.3. The molecule has 7 heteroatoms. The molecule has 43 heavy (non-hydrogen) atoms. The van der Waals surface area contributed by atoms with Crippen LogP contribution in [-0.2, 0) is 27.3 Å².